The molecular formula is C29H58ClNO4. The number of quaternary nitrogens is 1. The Morgan fingerprint density at radius 2 is 1.06 bits per heavy atom. The van der Waals surface area contributed by atoms with Crippen LogP contribution in [0.5, 0.6) is 0 Å². The third-order valence-corrected chi connectivity index (χ3v) is 6.19. The highest BCUT2D eigenvalue weighted by Crippen LogP contribution is 2.13. The van der Waals surface area contributed by atoms with Gasteiger partial charge in [-0.3, -0.25) is 9.59 Å². The molecule has 0 aliphatic rings. The number of carbonyl (C=O) groups is 2. The van der Waals surface area contributed by atoms with Crippen LogP contribution in [0.4, 0.5) is 0 Å². The number of hydrogen-bond acceptors (Lipinski definition) is 4. The highest BCUT2D eigenvalue weighted by molar-refractivity contribution is 5.72. The van der Waals surface area contributed by atoms with Crippen molar-refractivity contribution in [2.24, 2.45) is 0 Å². The first-order chi connectivity index (χ1) is 16.3. The summed E-state index contributed by atoms with van der Waals surface area (Å²) < 4.78 is 11.8. The Hall–Kier alpha value is -0.810. The van der Waals surface area contributed by atoms with Crippen LogP contribution < -0.4 is 12.4 Å². The number of carbonyl (C=O) groups excluding carboxylic acids is 2. The summed E-state index contributed by atoms with van der Waals surface area (Å²) in [4.78, 5) is 24.7. The number of unbranched alkanes of at least 4 members (excludes halogenated alkanes) is 15. The van der Waals surface area contributed by atoms with Crippen molar-refractivity contribution >= 4 is 11.9 Å². The third kappa shape index (κ3) is 27.6. The second kappa shape index (κ2) is 24.9. The van der Waals surface area contributed by atoms with Gasteiger partial charge in [0.15, 0.2) is 6.10 Å². The minimum Gasteiger partial charge on any atom is -1.00 e. The molecule has 1 atom stereocenters. The van der Waals surface area contributed by atoms with E-state index in [2.05, 4.69) is 13.8 Å². The summed E-state index contributed by atoms with van der Waals surface area (Å²) in [6.07, 6.45) is 20.9. The van der Waals surface area contributed by atoms with Crippen molar-refractivity contribution in [2.75, 3.05) is 34.3 Å². The molecule has 0 fully saturated rings. The van der Waals surface area contributed by atoms with Crippen LogP contribution in [0.25, 0.3) is 0 Å². The molecule has 0 aromatic heterocycles. The van der Waals surface area contributed by atoms with Crippen molar-refractivity contribution in [3.8, 4) is 0 Å². The molecule has 0 aromatic carbocycles. The van der Waals surface area contributed by atoms with E-state index in [-0.39, 0.29) is 30.8 Å². The summed E-state index contributed by atoms with van der Waals surface area (Å²) in [5, 5.41) is 0. The van der Waals surface area contributed by atoms with Gasteiger partial charge in [0.25, 0.3) is 0 Å². The molecule has 0 bridgehead atoms. The maximum Gasteiger partial charge on any atom is 0.309 e. The van der Waals surface area contributed by atoms with Crippen molar-refractivity contribution in [1.29, 1.82) is 0 Å². The number of likely N-dealkylation sites (N-methyl/N-ethyl adjacent to an activating group) is 1. The van der Waals surface area contributed by atoms with Gasteiger partial charge in [-0.05, 0) is 12.8 Å². The number of halogens is 1. The van der Waals surface area contributed by atoms with Gasteiger partial charge in [-0.2, -0.15) is 0 Å². The molecule has 0 radical (unpaired) electrons. The number of esters is 2. The maximum absolute atomic E-state index is 12.4. The van der Waals surface area contributed by atoms with Crippen LogP contribution in [0.15, 0.2) is 0 Å². The van der Waals surface area contributed by atoms with E-state index in [9.17, 15) is 9.59 Å². The Morgan fingerprint density at radius 3 is 1.51 bits per heavy atom. The lowest BCUT2D eigenvalue weighted by Gasteiger charge is -2.28. The lowest BCUT2D eigenvalue weighted by atomic mass is 10.1. The number of ether oxygens (including phenoxy) is 2. The van der Waals surface area contributed by atoms with E-state index in [4.69, 9.17) is 9.47 Å². The quantitative estimate of drug-likeness (QED) is 0.106. The molecule has 0 rings (SSSR count). The van der Waals surface area contributed by atoms with Crippen molar-refractivity contribution in [2.45, 2.75) is 142 Å². The van der Waals surface area contributed by atoms with Gasteiger partial charge in [0.1, 0.15) is 6.54 Å². The Balaban J connectivity index is 0. The van der Waals surface area contributed by atoms with Gasteiger partial charge < -0.3 is 26.4 Å². The molecule has 0 heterocycles. The second-order valence-electron chi connectivity index (χ2n) is 11.1. The van der Waals surface area contributed by atoms with E-state index in [0.717, 1.165) is 25.7 Å². The van der Waals surface area contributed by atoms with E-state index in [1.807, 2.05) is 21.1 Å². The molecule has 0 spiro atoms. The zero-order valence-electron chi connectivity index (χ0n) is 23.9. The van der Waals surface area contributed by atoms with Crippen molar-refractivity contribution < 1.29 is 36.0 Å². The summed E-state index contributed by atoms with van der Waals surface area (Å²) >= 11 is 0. The smallest absolute Gasteiger partial charge is 0.309 e. The van der Waals surface area contributed by atoms with E-state index in [1.165, 1.54) is 83.5 Å². The molecule has 35 heavy (non-hydrogen) atoms. The maximum atomic E-state index is 12.4. The first-order valence-electron chi connectivity index (χ1n) is 14.4. The van der Waals surface area contributed by atoms with Gasteiger partial charge in [-0.1, -0.05) is 110 Å². The van der Waals surface area contributed by atoms with Crippen molar-refractivity contribution in [3.05, 3.63) is 0 Å². The van der Waals surface area contributed by atoms with Gasteiger partial charge in [0.2, 0.25) is 0 Å². The fourth-order valence-electron chi connectivity index (χ4n) is 4.25. The van der Waals surface area contributed by atoms with Crippen LogP contribution in [0.2, 0.25) is 0 Å². The molecule has 0 amide bonds. The van der Waals surface area contributed by atoms with Gasteiger partial charge >= 0.3 is 11.9 Å². The third-order valence-electron chi connectivity index (χ3n) is 6.19. The molecule has 0 N–H and O–H groups in total. The monoisotopic (exact) mass is 519 g/mol. The lowest BCUT2D eigenvalue weighted by molar-refractivity contribution is -0.873. The molecule has 5 nitrogen and oxygen atoms in total. The Kier molecular flexibility index (Phi) is 25.8. The molecule has 6 heteroatoms. The van der Waals surface area contributed by atoms with Crippen LogP contribution >= 0.6 is 0 Å². The van der Waals surface area contributed by atoms with Crippen molar-refractivity contribution in [1.82, 2.24) is 0 Å². The topological polar surface area (TPSA) is 52.6 Å². The average Bonchev–Trinajstić information content (AvgIpc) is 2.75. The first kappa shape index (κ1) is 36.3. The van der Waals surface area contributed by atoms with Crippen LogP contribution in [0, 0.1) is 0 Å². The Labute approximate surface area is 224 Å². The number of rotatable bonds is 24. The van der Waals surface area contributed by atoms with E-state index in [1.54, 1.807) is 0 Å². The number of nitrogens with zero attached hydrogens (tertiary/aromatic N) is 1. The molecule has 0 aromatic rings. The lowest BCUT2D eigenvalue weighted by Crippen LogP contribution is -3.00. The standard InChI is InChI=1S/C29H58NO4.ClH/c1-6-8-10-12-14-16-18-20-22-24-33-29(32)25-27(26-30(3,4)5)34-28(31)23-21-19-17-15-13-11-9-7-2;/h27H,6-26H2,1-5H3;1H/q+1;/p-1/t27-;/m0./s1. The largest absolute Gasteiger partial charge is 1.00 e. The Bertz CT molecular complexity index is 494. The fraction of sp³-hybridized carbons (Fsp3) is 0.931. The summed E-state index contributed by atoms with van der Waals surface area (Å²) in [6.45, 7) is 5.55. The minimum absolute atomic E-state index is 0. The molecule has 0 saturated heterocycles. The first-order valence-corrected chi connectivity index (χ1v) is 14.4. The van der Waals surface area contributed by atoms with Gasteiger partial charge in [-0.15, -0.1) is 0 Å². The number of hydrogen-bond donors (Lipinski definition) is 0. The van der Waals surface area contributed by atoms with Crippen molar-refractivity contribution in [3.63, 3.8) is 0 Å². The van der Waals surface area contributed by atoms with Crippen LogP contribution in [0.3, 0.4) is 0 Å². The SMILES string of the molecule is CCCCCCCCCCCOC(=O)C[C@@H](C[N+](C)(C)C)OC(=O)CCCCCCCCCC.[Cl-]. The summed E-state index contributed by atoms with van der Waals surface area (Å²) in [5.41, 5.74) is 0. The highest BCUT2D eigenvalue weighted by atomic mass is 35.5. The molecular weight excluding hydrogens is 462 g/mol. The Morgan fingerprint density at radius 1 is 0.629 bits per heavy atom. The van der Waals surface area contributed by atoms with Crippen LogP contribution in [-0.2, 0) is 19.1 Å². The van der Waals surface area contributed by atoms with Gasteiger partial charge in [-0.25, -0.2) is 0 Å². The van der Waals surface area contributed by atoms with Gasteiger partial charge in [0, 0.05) is 6.42 Å². The predicted molar refractivity (Wildman–Crippen MR) is 143 cm³/mol. The zero-order valence-corrected chi connectivity index (χ0v) is 24.6. The van der Waals surface area contributed by atoms with E-state index < -0.39 is 6.10 Å². The molecule has 0 saturated carbocycles. The molecule has 0 aliphatic carbocycles. The zero-order chi connectivity index (χ0) is 25.5. The average molecular weight is 520 g/mol. The molecule has 210 valence electrons. The van der Waals surface area contributed by atoms with Crippen LogP contribution in [0.1, 0.15) is 136 Å². The normalized spacial score (nSPS) is 12.1. The van der Waals surface area contributed by atoms with Gasteiger partial charge in [0.05, 0.1) is 34.2 Å². The molecule has 0 unspecified atom stereocenters. The molecule has 0 aliphatic heterocycles. The van der Waals surface area contributed by atoms with E-state index in [0.29, 0.717) is 24.1 Å². The van der Waals surface area contributed by atoms with Crippen LogP contribution in [-0.4, -0.2) is 56.8 Å². The summed E-state index contributed by atoms with van der Waals surface area (Å²) in [7, 11) is 6.15. The van der Waals surface area contributed by atoms with E-state index >= 15 is 0 Å². The summed E-state index contributed by atoms with van der Waals surface area (Å²) in [5.74, 6) is -0.436. The fourth-order valence-corrected chi connectivity index (χ4v) is 4.25. The second-order valence-corrected chi connectivity index (χ2v) is 11.1. The minimum atomic E-state index is -0.419. The highest BCUT2D eigenvalue weighted by Gasteiger charge is 2.25. The predicted octanol–water partition coefficient (Wildman–Crippen LogP) is 4.60. The summed E-state index contributed by atoms with van der Waals surface area (Å²) in [6, 6.07) is 0.